The maximum atomic E-state index is 11.3. The predicted molar refractivity (Wildman–Crippen MR) is 78.5 cm³/mol. The van der Waals surface area contributed by atoms with Gasteiger partial charge in [0.05, 0.1) is 17.7 Å². The van der Waals surface area contributed by atoms with E-state index in [4.69, 9.17) is 4.42 Å². The molecule has 22 heavy (non-hydrogen) atoms. The van der Waals surface area contributed by atoms with Gasteiger partial charge in [0, 0.05) is 24.2 Å². The minimum absolute atomic E-state index is 0.0251. The molecule has 2 aromatic rings. The van der Waals surface area contributed by atoms with Crippen LogP contribution in [0.3, 0.4) is 0 Å². The standard InChI is InChI=1S/C14H12N4O4/c19-14-15-7-8-17(14)16-9-12-5-6-13(22-12)10-1-3-11(4-2-10)18(20)21/h1-6,9H,7-8H2,(H,15,19)/b16-9+. The first-order valence-corrected chi connectivity index (χ1v) is 6.57. The third-order valence-electron chi connectivity index (χ3n) is 3.15. The zero-order valence-corrected chi connectivity index (χ0v) is 11.4. The van der Waals surface area contributed by atoms with Gasteiger partial charge in [-0.05, 0) is 24.3 Å². The number of nitro groups is 1. The van der Waals surface area contributed by atoms with Gasteiger partial charge in [0.25, 0.3) is 5.69 Å². The molecule has 1 saturated heterocycles. The van der Waals surface area contributed by atoms with Crippen LogP contribution in [0, 0.1) is 10.1 Å². The van der Waals surface area contributed by atoms with Crippen LogP contribution in [0.2, 0.25) is 0 Å². The summed E-state index contributed by atoms with van der Waals surface area (Å²) in [4.78, 5) is 21.5. The van der Waals surface area contributed by atoms with Crippen molar-refractivity contribution >= 4 is 17.9 Å². The van der Waals surface area contributed by atoms with Crippen molar-refractivity contribution in [3.63, 3.8) is 0 Å². The summed E-state index contributed by atoms with van der Waals surface area (Å²) in [7, 11) is 0. The Morgan fingerprint density at radius 2 is 2.05 bits per heavy atom. The van der Waals surface area contributed by atoms with Crippen molar-refractivity contribution in [2.45, 2.75) is 0 Å². The van der Waals surface area contributed by atoms with Gasteiger partial charge in [-0.2, -0.15) is 5.10 Å². The van der Waals surface area contributed by atoms with Crippen molar-refractivity contribution in [2.75, 3.05) is 13.1 Å². The molecule has 1 aromatic heterocycles. The number of furan rings is 1. The summed E-state index contributed by atoms with van der Waals surface area (Å²) in [5.41, 5.74) is 0.751. The quantitative estimate of drug-likeness (QED) is 0.531. The monoisotopic (exact) mass is 300 g/mol. The molecule has 1 N–H and O–H groups in total. The Morgan fingerprint density at radius 3 is 2.68 bits per heavy atom. The molecular weight excluding hydrogens is 288 g/mol. The van der Waals surface area contributed by atoms with Crippen LogP contribution < -0.4 is 5.32 Å². The topological polar surface area (TPSA) is 101 Å². The highest BCUT2D eigenvalue weighted by Crippen LogP contribution is 2.24. The van der Waals surface area contributed by atoms with Gasteiger partial charge in [0.15, 0.2) is 0 Å². The van der Waals surface area contributed by atoms with Crippen LogP contribution in [0.1, 0.15) is 5.76 Å². The van der Waals surface area contributed by atoms with Gasteiger partial charge < -0.3 is 9.73 Å². The lowest BCUT2D eigenvalue weighted by atomic mass is 10.1. The van der Waals surface area contributed by atoms with E-state index in [1.54, 1.807) is 24.3 Å². The van der Waals surface area contributed by atoms with E-state index in [9.17, 15) is 14.9 Å². The van der Waals surface area contributed by atoms with Crippen molar-refractivity contribution in [1.29, 1.82) is 0 Å². The Kier molecular flexibility index (Phi) is 3.57. The number of nitro benzene ring substituents is 1. The van der Waals surface area contributed by atoms with E-state index in [-0.39, 0.29) is 11.7 Å². The first kappa shape index (κ1) is 13.8. The van der Waals surface area contributed by atoms with E-state index >= 15 is 0 Å². The fourth-order valence-corrected chi connectivity index (χ4v) is 2.02. The van der Waals surface area contributed by atoms with E-state index < -0.39 is 4.92 Å². The van der Waals surface area contributed by atoms with Crippen LogP contribution in [-0.4, -0.2) is 35.3 Å². The third kappa shape index (κ3) is 2.80. The molecule has 1 aliphatic heterocycles. The van der Waals surface area contributed by atoms with Crippen molar-refractivity contribution in [1.82, 2.24) is 10.3 Å². The van der Waals surface area contributed by atoms with Gasteiger partial charge in [-0.15, -0.1) is 0 Å². The minimum atomic E-state index is -0.453. The molecule has 0 radical (unpaired) electrons. The number of amides is 2. The van der Waals surface area contributed by atoms with Gasteiger partial charge in [0.1, 0.15) is 11.5 Å². The average molecular weight is 300 g/mol. The van der Waals surface area contributed by atoms with Crippen LogP contribution in [0.25, 0.3) is 11.3 Å². The first-order chi connectivity index (χ1) is 10.6. The summed E-state index contributed by atoms with van der Waals surface area (Å²) in [5.74, 6) is 1.07. The van der Waals surface area contributed by atoms with Crippen LogP contribution in [0.5, 0.6) is 0 Å². The number of non-ortho nitro benzene ring substituents is 1. The largest absolute Gasteiger partial charge is 0.455 e. The predicted octanol–water partition coefficient (Wildman–Crippen LogP) is 2.21. The number of hydrazone groups is 1. The molecule has 2 amide bonds. The molecule has 8 heteroatoms. The number of nitrogens with zero attached hydrogens (tertiary/aromatic N) is 3. The smallest absolute Gasteiger partial charge is 0.337 e. The average Bonchev–Trinajstić information content (AvgIpc) is 3.14. The molecule has 0 atom stereocenters. The normalized spacial score (nSPS) is 14.5. The van der Waals surface area contributed by atoms with Crippen LogP contribution in [-0.2, 0) is 0 Å². The van der Waals surface area contributed by atoms with Gasteiger partial charge in [-0.1, -0.05) is 0 Å². The third-order valence-corrected chi connectivity index (χ3v) is 3.15. The van der Waals surface area contributed by atoms with Crippen LogP contribution in [0.15, 0.2) is 45.9 Å². The van der Waals surface area contributed by atoms with Gasteiger partial charge >= 0.3 is 6.03 Å². The molecular formula is C14H12N4O4. The number of nitrogens with one attached hydrogen (secondary N) is 1. The number of hydrogen-bond donors (Lipinski definition) is 1. The SMILES string of the molecule is O=C1NCCN1/N=C/c1ccc(-c2ccc([N+](=O)[O-])cc2)o1. The Labute approximate surface area is 125 Å². The Hall–Kier alpha value is -3.16. The molecule has 0 unspecified atom stereocenters. The van der Waals surface area contributed by atoms with E-state index in [2.05, 4.69) is 10.4 Å². The molecule has 1 aliphatic rings. The molecule has 2 heterocycles. The van der Waals surface area contributed by atoms with E-state index in [0.717, 1.165) is 5.56 Å². The highest BCUT2D eigenvalue weighted by Gasteiger charge is 2.18. The molecule has 8 nitrogen and oxygen atoms in total. The second kappa shape index (κ2) is 5.68. The highest BCUT2D eigenvalue weighted by molar-refractivity contribution is 5.81. The second-order valence-corrected chi connectivity index (χ2v) is 4.61. The summed E-state index contributed by atoms with van der Waals surface area (Å²) in [5, 5.41) is 18.6. The highest BCUT2D eigenvalue weighted by atomic mass is 16.6. The number of benzene rings is 1. The van der Waals surface area contributed by atoms with Gasteiger partial charge in [-0.25, -0.2) is 9.80 Å². The summed E-state index contributed by atoms with van der Waals surface area (Å²) in [6.45, 7) is 1.09. The minimum Gasteiger partial charge on any atom is -0.455 e. The zero-order valence-electron chi connectivity index (χ0n) is 11.4. The van der Waals surface area contributed by atoms with Crippen molar-refractivity contribution in [3.8, 4) is 11.3 Å². The Bertz CT molecular complexity index is 736. The number of urea groups is 1. The number of carbonyl (C=O) groups excluding carboxylic acids is 1. The Balaban J connectivity index is 1.74. The maximum absolute atomic E-state index is 11.3. The van der Waals surface area contributed by atoms with Gasteiger partial charge in [0.2, 0.25) is 0 Å². The fourth-order valence-electron chi connectivity index (χ4n) is 2.02. The first-order valence-electron chi connectivity index (χ1n) is 6.57. The van der Waals surface area contributed by atoms with Crippen molar-refractivity contribution in [2.24, 2.45) is 5.10 Å². The lowest BCUT2D eigenvalue weighted by Gasteiger charge is -2.04. The summed E-state index contributed by atoms with van der Waals surface area (Å²) < 4.78 is 5.59. The van der Waals surface area contributed by atoms with E-state index in [1.807, 2.05) is 0 Å². The molecule has 3 rings (SSSR count). The molecule has 1 aromatic carbocycles. The van der Waals surface area contributed by atoms with Crippen molar-refractivity contribution in [3.05, 3.63) is 52.3 Å². The van der Waals surface area contributed by atoms with Crippen molar-refractivity contribution < 1.29 is 14.1 Å². The summed E-state index contributed by atoms with van der Waals surface area (Å²) >= 11 is 0. The number of carbonyl (C=O) groups is 1. The molecule has 0 aliphatic carbocycles. The molecule has 0 saturated carbocycles. The molecule has 1 fully saturated rings. The summed E-state index contributed by atoms with van der Waals surface area (Å²) in [6.07, 6.45) is 1.46. The molecule has 0 bridgehead atoms. The van der Waals surface area contributed by atoms with Crippen LogP contribution >= 0.6 is 0 Å². The maximum Gasteiger partial charge on any atom is 0.337 e. The lowest BCUT2D eigenvalue weighted by molar-refractivity contribution is -0.384. The molecule has 112 valence electrons. The Morgan fingerprint density at radius 1 is 1.27 bits per heavy atom. The van der Waals surface area contributed by atoms with Gasteiger partial charge in [-0.3, -0.25) is 10.1 Å². The van der Waals surface area contributed by atoms with E-state index in [1.165, 1.54) is 23.4 Å². The van der Waals surface area contributed by atoms with Crippen LogP contribution in [0.4, 0.5) is 10.5 Å². The molecule has 0 spiro atoms. The second-order valence-electron chi connectivity index (χ2n) is 4.61. The zero-order chi connectivity index (χ0) is 15.5. The summed E-state index contributed by atoms with van der Waals surface area (Å²) in [6, 6.07) is 9.29. The van der Waals surface area contributed by atoms with E-state index in [0.29, 0.717) is 24.6 Å². The number of rotatable bonds is 4. The number of hydrogen-bond acceptors (Lipinski definition) is 5. The lowest BCUT2D eigenvalue weighted by Crippen LogP contribution is -2.23. The fraction of sp³-hybridized carbons (Fsp3) is 0.143.